The largest absolute Gasteiger partial charge is 0.369 e. The maximum Gasteiger partial charge on any atom is 0.222 e. The number of amides is 1. The quantitative estimate of drug-likeness (QED) is 0.504. The molecule has 2 heterocycles. The number of hydrogen-bond acceptors (Lipinski definition) is 4. The van der Waals surface area contributed by atoms with Crippen molar-refractivity contribution >= 4 is 17.7 Å². The van der Waals surface area contributed by atoms with Gasteiger partial charge in [-0.3, -0.25) is 4.79 Å². The molecule has 1 saturated carbocycles. The Morgan fingerprint density at radius 1 is 1.38 bits per heavy atom. The average molecular weight is 358 g/mol. The van der Waals surface area contributed by atoms with Gasteiger partial charge < -0.3 is 21.3 Å². The third-order valence-electron chi connectivity index (χ3n) is 5.00. The summed E-state index contributed by atoms with van der Waals surface area (Å²) in [5.74, 6) is 2.25. The molecule has 1 aromatic heterocycles. The van der Waals surface area contributed by atoms with Gasteiger partial charge in [0.2, 0.25) is 5.91 Å². The lowest BCUT2D eigenvalue weighted by atomic mass is 9.97. The first-order valence-corrected chi connectivity index (χ1v) is 9.67. The number of carbonyl (C=O) groups excluding carboxylic acids is 1. The molecule has 3 rings (SSSR count). The van der Waals surface area contributed by atoms with Crippen molar-refractivity contribution in [1.82, 2.24) is 15.6 Å². The second-order valence-electron chi connectivity index (χ2n) is 7.19. The molecule has 1 aromatic rings. The van der Waals surface area contributed by atoms with Crippen LogP contribution in [-0.2, 0) is 11.3 Å². The van der Waals surface area contributed by atoms with Crippen LogP contribution in [0.1, 0.15) is 38.2 Å². The van der Waals surface area contributed by atoms with Crippen LogP contribution in [0.2, 0.25) is 0 Å². The van der Waals surface area contributed by atoms with Crippen molar-refractivity contribution in [2.24, 2.45) is 22.6 Å². The molecule has 1 aliphatic carbocycles. The molecule has 2 fully saturated rings. The second-order valence-corrected chi connectivity index (χ2v) is 7.19. The number of guanidine groups is 1. The molecule has 142 valence electrons. The number of carbonyl (C=O) groups is 1. The highest BCUT2D eigenvalue weighted by Crippen LogP contribution is 2.27. The van der Waals surface area contributed by atoms with Gasteiger partial charge in [0.05, 0.1) is 12.5 Å². The van der Waals surface area contributed by atoms with Crippen molar-refractivity contribution < 1.29 is 4.79 Å². The van der Waals surface area contributed by atoms with Gasteiger partial charge in [-0.1, -0.05) is 6.07 Å². The van der Waals surface area contributed by atoms with Gasteiger partial charge in [0.15, 0.2) is 5.96 Å². The van der Waals surface area contributed by atoms with Crippen LogP contribution in [0.3, 0.4) is 0 Å². The van der Waals surface area contributed by atoms with Crippen LogP contribution in [0, 0.1) is 11.8 Å². The van der Waals surface area contributed by atoms with Crippen LogP contribution in [0.5, 0.6) is 0 Å². The topological polar surface area (TPSA) is 95.6 Å². The smallest absolute Gasteiger partial charge is 0.222 e. The van der Waals surface area contributed by atoms with Crippen molar-refractivity contribution in [2.75, 3.05) is 31.1 Å². The minimum Gasteiger partial charge on any atom is -0.369 e. The number of hydrogen-bond donors (Lipinski definition) is 3. The lowest BCUT2D eigenvalue weighted by Gasteiger charge is -2.33. The number of aromatic nitrogens is 1. The molecule has 4 N–H and O–H groups in total. The molecule has 7 nitrogen and oxygen atoms in total. The summed E-state index contributed by atoms with van der Waals surface area (Å²) in [6, 6.07) is 4.00. The Bertz CT molecular complexity index is 643. The van der Waals surface area contributed by atoms with Crippen LogP contribution in [0.15, 0.2) is 23.3 Å². The standard InChI is InChI=1S/C19H30N6O/c1-2-21-19(23-11-14-7-8-14)24-12-15-5-3-9-22-18(15)25-10-4-6-16(13-25)17(20)26/h3,5,9,14,16H,2,4,6-8,10-13H2,1H3,(H2,20,26)(H2,21,23,24). The van der Waals surface area contributed by atoms with Gasteiger partial charge in [0.1, 0.15) is 5.82 Å². The van der Waals surface area contributed by atoms with E-state index >= 15 is 0 Å². The van der Waals surface area contributed by atoms with Crippen LogP contribution in [0.25, 0.3) is 0 Å². The van der Waals surface area contributed by atoms with Gasteiger partial charge in [-0.05, 0) is 44.6 Å². The fourth-order valence-corrected chi connectivity index (χ4v) is 3.31. The van der Waals surface area contributed by atoms with E-state index in [1.54, 1.807) is 6.20 Å². The van der Waals surface area contributed by atoms with E-state index in [1.807, 2.05) is 6.07 Å². The van der Waals surface area contributed by atoms with Gasteiger partial charge in [-0.15, -0.1) is 0 Å². The maximum atomic E-state index is 11.6. The van der Waals surface area contributed by atoms with Gasteiger partial charge in [0, 0.05) is 37.9 Å². The van der Waals surface area contributed by atoms with E-state index in [9.17, 15) is 4.79 Å². The van der Waals surface area contributed by atoms with Gasteiger partial charge in [-0.2, -0.15) is 0 Å². The SMILES string of the molecule is CCNC(=NCc1cccnc1N1CCCC(C(N)=O)C1)NCC1CC1. The molecule has 2 aliphatic rings. The summed E-state index contributed by atoms with van der Waals surface area (Å²) in [7, 11) is 0. The number of anilines is 1. The number of pyridine rings is 1. The normalized spacial score (nSPS) is 20.7. The molecule has 0 aromatic carbocycles. The summed E-state index contributed by atoms with van der Waals surface area (Å²) in [6.45, 7) is 5.99. The first-order valence-electron chi connectivity index (χ1n) is 9.67. The van der Waals surface area contributed by atoms with Gasteiger partial charge >= 0.3 is 0 Å². The fourth-order valence-electron chi connectivity index (χ4n) is 3.31. The minimum absolute atomic E-state index is 0.0976. The average Bonchev–Trinajstić information content (AvgIpc) is 3.49. The van der Waals surface area contributed by atoms with Crippen LogP contribution < -0.4 is 21.3 Å². The highest BCUT2D eigenvalue weighted by atomic mass is 16.1. The zero-order valence-electron chi connectivity index (χ0n) is 15.6. The molecule has 1 unspecified atom stereocenters. The van der Waals surface area contributed by atoms with E-state index in [1.165, 1.54) is 12.8 Å². The number of aliphatic imine (C=N–C) groups is 1. The highest BCUT2D eigenvalue weighted by Gasteiger charge is 2.26. The first-order chi connectivity index (χ1) is 12.7. The Morgan fingerprint density at radius 3 is 2.96 bits per heavy atom. The van der Waals surface area contributed by atoms with Crippen molar-refractivity contribution in [3.8, 4) is 0 Å². The number of nitrogens with one attached hydrogen (secondary N) is 2. The van der Waals surface area contributed by atoms with Crippen molar-refractivity contribution in [3.63, 3.8) is 0 Å². The third-order valence-corrected chi connectivity index (χ3v) is 5.00. The van der Waals surface area contributed by atoms with Crippen molar-refractivity contribution in [3.05, 3.63) is 23.9 Å². The zero-order valence-corrected chi connectivity index (χ0v) is 15.6. The maximum absolute atomic E-state index is 11.6. The number of nitrogens with zero attached hydrogens (tertiary/aromatic N) is 3. The minimum atomic E-state index is -0.219. The Morgan fingerprint density at radius 2 is 2.23 bits per heavy atom. The zero-order chi connectivity index (χ0) is 18.4. The Labute approximate surface area is 155 Å². The lowest BCUT2D eigenvalue weighted by Crippen LogP contribution is -2.42. The van der Waals surface area contributed by atoms with Crippen LogP contribution in [0.4, 0.5) is 5.82 Å². The fraction of sp³-hybridized carbons (Fsp3) is 0.632. The summed E-state index contributed by atoms with van der Waals surface area (Å²) < 4.78 is 0. The second kappa shape index (κ2) is 8.87. The van der Waals surface area contributed by atoms with Gasteiger partial charge in [0.25, 0.3) is 0 Å². The monoisotopic (exact) mass is 358 g/mol. The number of nitrogens with two attached hydrogens (primary N) is 1. The predicted molar refractivity (Wildman–Crippen MR) is 104 cm³/mol. The molecular weight excluding hydrogens is 328 g/mol. The summed E-state index contributed by atoms with van der Waals surface area (Å²) in [5, 5.41) is 6.72. The molecular formula is C19H30N6O. The predicted octanol–water partition coefficient (Wildman–Crippen LogP) is 1.25. The Balaban J connectivity index is 1.69. The van der Waals surface area contributed by atoms with Gasteiger partial charge in [-0.25, -0.2) is 9.98 Å². The van der Waals surface area contributed by atoms with E-state index in [2.05, 4.69) is 33.5 Å². The van der Waals surface area contributed by atoms with Crippen molar-refractivity contribution in [1.29, 1.82) is 0 Å². The van der Waals surface area contributed by atoms with Crippen molar-refractivity contribution in [2.45, 2.75) is 39.2 Å². The molecule has 0 bridgehead atoms. The Hall–Kier alpha value is -2.31. The number of primary amides is 1. The number of rotatable bonds is 7. The van der Waals surface area contributed by atoms with Crippen LogP contribution >= 0.6 is 0 Å². The first kappa shape index (κ1) is 18.5. The van der Waals surface area contributed by atoms with E-state index in [0.29, 0.717) is 13.1 Å². The summed E-state index contributed by atoms with van der Waals surface area (Å²) in [6.07, 6.45) is 6.25. The Kier molecular flexibility index (Phi) is 6.30. The summed E-state index contributed by atoms with van der Waals surface area (Å²) in [5.41, 5.74) is 6.59. The molecule has 1 atom stereocenters. The molecule has 1 saturated heterocycles. The number of piperidine rings is 1. The van der Waals surface area contributed by atoms with E-state index in [0.717, 1.165) is 55.7 Å². The molecule has 0 spiro atoms. The molecule has 0 radical (unpaired) electrons. The summed E-state index contributed by atoms with van der Waals surface area (Å²) >= 11 is 0. The van der Waals surface area contributed by atoms with E-state index in [-0.39, 0.29) is 11.8 Å². The molecule has 1 aliphatic heterocycles. The molecule has 26 heavy (non-hydrogen) atoms. The van der Waals surface area contributed by atoms with E-state index in [4.69, 9.17) is 10.7 Å². The molecule has 1 amide bonds. The van der Waals surface area contributed by atoms with E-state index < -0.39 is 0 Å². The third kappa shape index (κ3) is 5.09. The highest BCUT2D eigenvalue weighted by molar-refractivity contribution is 5.80. The van der Waals surface area contributed by atoms with Crippen LogP contribution in [-0.4, -0.2) is 43.0 Å². The summed E-state index contributed by atoms with van der Waals surface area (Å²) in [4.78, 5) is 23.0. The lowest BCUT2D eigenvalue weighted by molar-refractivity contribution is -0.122. The molecule has 7 heteroatoms.